The Hall–Kier alpha value is -3.47. The van der Waals surface area contributed by atoms with E-state index in [1.807, 2.05) is 48.7 Å². The molecule has 0 atom stereocenters. The highest BCUT2D eigenvalue weighted by molar-refractivity contribution is 5.96. The highest BCUT2D eigenvalue weighted by Crippen LogP contribution is 2.31. The van der Waals surface area contributed by atoms with E-state index in [1.165, 1.54) is 0 Å². The molecule has 0 radical (unpaired) electrons. The second kappa shape index (κ2) is 6.60. The molecule has 1 aliphatic rings. The summed E-state index contributed by atoms with van der Waals surface area (Å²) < 4.78 is 0. The fourth-order valence-electron chi connectivity index (χ4n) is 3.85. The van der Waals surface area contributed by atoms with Crippen molar-refractivity contribution in [3.8, 4) is 22.3 Å². The van der Waals surface area contributed by atoms with Gasteiger partial charge in [-0.15, -0.1) is 0 Å². The molecule has 5 nitrogen and oxygen atoms in total. The van der Waals surface area contributed by atoms with Crippen LogP contribution in [-0.2, 0) is 4.79 Å². The Morgan fingerprint density at radius 2 is 1.82 bits per heavy atom. The van der Waals surface area contributed by atoms with Crippen LogP contribution in [0, 0.1) is 6.92 Å². The number of aromatic amines is 1. The molecule has 0 bridgehead atoms. The van der Waals surface area contributed by atoms with E-state index in [2.05, 4.69) is 39.2 Å². The lowest BCUT2D eigenvalue weighted by Crippen LogP contribution is -2.23. The van der Waals surface area contributed by atoms with Gasteiger partial charge in [0, 0.05) is 65.5 Å². The van der Waals surface area contributed by atoms with Gasteiger partial charge in [-0.25, -0.2) is 4.98 Å². The van der Waals surface area contributed by atoms with Crippen LogP contribution in [0.25, 0.3) is 33.3 Å². The summed E-state index contributed by atoms with van der Waals surface area (Å²) in [5.41, 5.74) is 7.25. The molecule has 5 heteroatoms. The molecule has 0 aliphatic carbocycles. The first-order chi connectivity index (χ1) is 13.7. The molecule has 1 aliphatic heterocycles. The molecule has 1 fully saturated rings. The first kappa shape index (κ1) is 16.7. The quantitative estimate of drug-likeness (QED) is 0.569. The highest BCUT2D eigenvalue weighted by atomic mass is 16.2. The molecule has 1 N–H and O–H groups in total. The summed E-state index contributed by atoms with van der Waals surface area (Å²) in [5, 5.41) is 1.10. The molecule has 1 amide bonds. The van der Waals surface area contributed by atoms with E-state index in [9.17, 15) is 4.79 Å². The minimum atomic E-state index is 0.208. The summed E-state index contributed by atoms with van der Waals surface area (Å²) in [7, 11) is 0. The van der Waals surface area contributed by atoms with Crippen LogP contribution in [0.2, 0.25) is 0 Å². The van der Waals surface area contributed by atoms with Gasteiger partial charge in [0.05, 0.1) is 0 Å². The van der Waals surface area contributed by atoms with Gasteiger partial charge >= 0.3 is 0 Å². The monoisotopic (exact) mass is 368 g/mol. The van der Waals surface area contributed by atoms with E-state index in [1.54, 1.807) is 0 Å². The van der Waals surface area contributed by atoms with Crippen molar-refractivity contribution in [1.29, 1.82) is 0 Å². The van der Waals surface area contributed by atoms with Crippen LogP contribution in [0.15, 0.2) is 61.2 Å². The fraction of sp³-hybridized carbons (Fsp3) is 0.174. The third kappa shape index (κ3) is 2.85. The second-order valence-electron chi connectivity index (χ2n) is 7.27. The molecular formula is C23H20N4O. The molecule has 0 spiro atoms. The zero-order chi connectivity index (χ0) is 19.1. The van der Waals surface area contributed by atoms with Crippen LogP contribution < -0.4 is 4.90 Å². The van der Waals surface area contributed by atoms with Gasteiger partial charge in [-0.2, -0.15) is 0 Å². The Balaban J connectivity index is 1.50. The SMILES string of the molecule is Cc1cnc2[nH]cc(-c3cncc(-c4ccc(N5CCCC5=O)cc4)c3)c2c1. The molecule has 3 aromatic heterocycles. The van der Waals surface area contributed by atoms with Gasteiger partial charge in [0.15, 0.2) is 0 Å². The van der Waals surface area contributed by atoms with Crippen molar-refractivity contribution < 1.29 is 4.79 Å². The third-order valence-electron chi connectivity index (χ3n) is 5.30. The molecule has 4 aromatic rings. The van der Waals surface area contributed by atoms with E-state index in [0.29, 0.717) is 6.42 Å². The number of aryl methyl sites for hydroxylation is 1. The number of amides is 1. The summed E-state index contributed by atoms with van der Waals surface area (Å²) in [6, 6.07) is 12.4. The number of carbonyl (C=O) groups excluding carboxylic acids is 1. The summed E-state index contributed by atoms with van der Waals surface area (Å²) >= 11 is 0. The molecule has 28 heavy (non-hydrogen) atoms. The summed E-state index contributed by atoms with van der Waals surface area (Å²) in [4.78, 5) is 26.0. The van der Waals surface area contributed by atoms with Gasteiger partial charge in [0.25, 0.3) is 0 Å². The predicted octanol–water partition coefficient (Wildman–Crippen LogP) is 4.73. The topological polar surface area (TPSA) is 61.9 Å². The number of fused-ring (bicyclic) bond motifs is 1. The zero-order valence-electron chi connectivity index (χ0n) is 15.6. The molecular weight excluding hydrogens is 348 g/mol. The third-order valence-corrected chi connectivity index (χ3v) is 5.30. The molecule has 0 saturated carbocycles. The number of hydrogen-bond acceptors (Lipinski definition) is 3. The molecule has 138 valence electrons. The maximum Gasteiger partial charge on any atom is 0.227 e. The van der Waals surface area contributed by atoms with Crippen LogP contribution in [0.3, 0.4) is 0 Å². The predicted molar refractivity (Wildman–Crippen MR) is 111 cm³/mol. The number of pyridine rings is 2. The number of nitrogens with zero attached hydrogens (tertiary/aromatic N) is 3. The normalized spacial score (nSPS) is 14.2. The van der Waals surface area contributed by atoms with Crippen LogP contribution in [0.5, 0.6) is 0 Å². The van der Waals surface area contributed by atoms with Gasteiger partial charge in [0.1, 0.15) is 5.65 Å². The average molecular weight is 368 g/mol. The molecule has 4 heterocycles. The largest absolute Gasteiger partial charge is 0.346 e. The van der Waals surface area contributed by atoms with Crippen LogP contribution in [-0.4, -0.2) is 27.4 Å². The van der Waals surface area contributed by atoms with Crippen LogP contribution in [0.1, 0.15) is 18.4 Å². The van der Waals surface area contributed by atoms with E-state index < -0.39 is 0 Å². The van der Waals surface area contributed by atoms with Crippen molar-refractivity contribution in [2.24, 2.45) is 0 Å². The second-order valence-corrected chi connectivity index (χ2v) is 7.27. The standard InChI is InChI=1S/C23H20N4O/c1-15-9-20-21(14-26-23(20)25-11-15)18-10-17(12-24-13-18)16-4-6-19(7-5-16)27-8-2-3-22(27)28/h4-7,9-14H,2-3,8H2,1H3,(H,25,26). The highest BCUT2D eigenvalue weighted by Gasteiger charge is 2.21. The van der Waals surface area contributed by atoms with Crippen LogP contribution >= 0.6 is 0 Å². The van der Waals surface area contributed by atoms with Crippen molar-refractivity contribution in [3.63, 3.8) is 0 Å². The molecule has 1 aromatic carbocycles. The Bertz CT molecular complexity index is 1180. The zero-order valence-corrected chi connectivity index (χ0v) is 15.6. The van der Waals surface area contributed by atoms with Crippen molar-refractivity contribution in [2.75, 3.05) is 11.4 Å². The first-order valence-electron chi connectivity index (χ1n) is 9.49. The fourth-order valence-corrected chi connectivity index (χ4v) is 3.85. The Labute approximate surface area is 163 Å². The maximum atomic E-state index is 11.9. The Kier molecular flexibility index (Phi) is 3.93. The Morgan fingerprint density at radius 1 is 1.00 bits per heavy atom. The van der Waals surface area contributed by atoms with Gasteiger partial charge < -0.3 is 9.88 Å². The number of aromatic nitrogens is 3. The smallest absolute Gasteiger partial charge is 0.227 e. The van der Waals surface area contributed by atoms with E-state index in [0.717, 1.165) is 57.5 Å². The number of H-pyrrole nitrogens is 1. The molecule has 1 saturated heterocycles. The van der Waals surface area contributed by atoms with Crippen molar-refractivity contribution >= 4 is 22.6 Å². The Morgan fingerprint density at radius 3 is 2.61 bits per heavy atom. The maximum absolute atomic E-state index is 11.9. The van der Waals surface area contributed by atoms with Crippen molar-refractivity contribution in [1.82, 2.24) is 15.0 Å². The number of hydrogen-bond donors (Lipinski definition) is 1. The van der Waals surface area contributed by atoms with Crippen molar-refractivity contribution in [3.05, 3.63) is 66.7 Å². The summed E-state index contributed by atoms with van der Waals surface area (Å²) in [6.07, 6.45) is 9.19. The van der Waals surface area contributed by atoms with Gasteiger partial charge in [-0.1, -0.05) is 12.1 Å². The minimum Gasteiger partial charge on any atom is -0.346 e. The number of carbonyl (C=O) groups is 1. The first-order valence-corrected chi connectivity index (χ1v) is 9.49. The number of anilines is 1. The van der Waals surface area contributed by atoms with E-state index in [-0.39, 0.29) is 5.91 Å². The summed E-state index contributed by atoms with van der Waals surface area (Å²) in [5.74, 6) is 0.208. The lowest BCUT2D eigenvalue weighted by Gasteiger charge is -2.16. The summed E-state index contributed by atoms with van der Waals surface area (Å²) in [6.45, 7) is 2.85. The average Bonchev–Trinajstić information content (AvgIpc) is 3.34. The van der Waals surface area contributed by atoms with Crippen molar-refractivity contribution in [2.45, 2.75) is 19.8 Å². The number of nitrogens with one attached hydrogen (secondary N) is 1. The van der Waals surface area contributed by atoms with Gasteiger partial charge in [-0.3, -0.25) is 9.78 Å². The minimum absolute atomic E-state index is 0.208. The van der Waals surface area contributed by atoms with E-state index >= 15 is 0 Å². The van der Waals surface area contributed by atoms with Gasteiger partial charge in [0.2, 0.25) is 5.91 Å². The van der Waals surface area contributed by atoms with Gasteiger partial charge in [-0.05, 0) is 48.7 Å². The number of benzene rings is 1. The lowest BCUT2D eigenvalue weighted by atomic mass is 10.0. The number of rotatable bonds is 3. The lowest BCUT2D eigenvalue weighted by molar-refractivity contribution is -0.117. The van der Waals surface area contributed by atoms with Crippen LogP contribution in [0.4, 0.5) is 5.69 Å². The molecule has 5 rings (SSSR count). The molecule has 0 unspecified atom stereocenters. The van der Waals surface area contributed by atoms with E-state index in [4.69, 9.17) is 0 Å².